The van der Waals surface area contributed by atoms with Crippen LogP contribution in [0.15, 0.2) is 92.0 Å². The van der Waals surface area contributed by atoms with Gasteiger partial charge in [-0.1, -0.05) is 35.4 Å². The summed E-state index contributed by atoms with van der Waals surface area (Å²) in [4.78, 5) is 0. The first-order chi connectivity index (χ1) is 12.3. The SMILES string of the molecule is C=C.Cc1cccc2c1-c1ccc[c-]c1C2.[Cl-].[Cl-].[Zr+4].c1ccc2[cH-]ccc2c1. The van der Waals surface area contributed by atoms with Gasteiger partial charge in [-0.25, -0.2) is 0 Å². The van der Waals surface area contributed by atoms with Gasteiger partial charge in [0.05, 0.1) is 0 Å². The molecule has 3 heteroatoms. The molecule has 5 rings (SSSR count). The average molecular weight is 485 g/mol. The minimum absolute atomic E-state index is 0. The second-order valence-corrected chi connectivity index (χ2v) is 6.00. The summed E-state index contributed by atoms with van der Waals surface area (Å²) in [5, 5.41) is 2.66. The van der Waals surface area contributed by atoms with E-state index in [-0.39, 0.29) is 51.0 Å². The van der Waals surface area contributed by atoms with Crippen LogP contribution in [0, 0.1) is 13.0 Å². The smallest absolute Gasteiger partial charge is 1.00 e. The fraction of sp³-hybridized carbons (Fsp3) is 0.0800. The van der Waals surface area contributed by atoms with Gasteiger partial charge in [0, 0.05) is 0 Å². The zero-order valence-corrected chi connectivity index (χ0v) is 19.9. The van der Waals surface area contributed by atoms with Gasteiger partial charge in [-0.2, -0.15) is 47.3 Å². The Hall–Kier alpha value is -1.53. The molecule has 1 aliphatic rings. The first-order valence-corrected chi connectivity index (χ1v) is 8.52. The largest absolute Gasteiger partial charge is 4.00 e. The topological polar surface area (TPSA) is 0 Å². The van der Waals surface area contributed by atoms with E-state index in [2.05, 4.69) is 98.9 Å². The number of rotatable bonds is 0. The van der Waals surface area contributed by atoms with Gasteiger partial charge in [-0.15, -0.1) is 48.4 Å². The molecule has 0 N–H and O–H groups in total. The van der Waals surface area contributed by atoms with Gasteiger partial charge in [0.15, 0.2) is 0 Å². The minimum Gasteiger partial charge on any atom is -1.00 e. The predicted octanol–water partition coefficient (Wildman–Crippen LogP) is 0.733. The van der Waals surface area contributed by atoms with E-state index in [1.54, 1.807) is 0 Å². The van der Waals surface area contributed by atoms with Gasteiger partial charge < -0.3 is 24.8 Å². The average Bonchev–Trinajstić information content (AvgIpc) is 3.29. The van der Waals surface area contributed by atoms with Crippen molar-refractivity contribution in [3.8, 4) is 11.1 Å². The molecule has 4 aromatic rings. The number of aryl methyl sites for hydroxylation is 1. The Balaban J connectivity index is 0.000000461. The van der Waals surface area contributed by atoms with Gasteiger partial charge in [-0.3, -0.25) is 0 Å². The van der Waals surface area contributed by atoms with Crippen molar-refractivity contribution in [2.24, 2.45) is 0 Å². The zero-order chi connectivity index (χ0) is 17.6. The van der Waals surface area contributed by atoms with Crippen LogP contribution in [0.2, 0.25) is 0 Å². The van der Waals surface area contributed by atoms with Gasteiger partial charge in [-0.05, 0) is 18.9 Å². The van der Waals surface area contributed by atoms with Crippen LogP contribution >= 0.6 is 0 Å². The number of hydrogen-bond acceptors (Lipinski definition) is 0. The van der Waals surface area contributed by atoms with E-state index >= 15 is 0 Å². The first-order valence-electron chi connectivity index (χ1n) is 8.52. The fourth-order valence-corrected chi connectivity index (χ4v) is 3.37. The normalized spacial score (nSPS) is 9.61. The predicted molar refractivity (Wildman–Crippen MR) is 109 cm³/mol. The van der Waals surface area contributed by atoms with Crippen molar-refractivity contribution in [1.82, 2.24) is 0 Å². The van der Waals surface area contributed by atoms with Gasteiger partial charge in [0.2, 0.25) is 0 Å². The molecule has 0 atom stereocenters. The Bertz CT molecular complexity index is 958. The number of benzene rings is 3. The molecule has 0 spiro atoms. The van der Waals surface area contributed by atoms with Crippen molar-refractivity contribution >= 4 is 10.8 Å². The Morgan fingerprint density at radius 3 is 2.39 bits per heavy atom. The van der Waals surface area contributed by atoms with Crippen LogP contribution in [0.1, 0.15) is 16.7 Å². The van der Waals surface area contributed by atoms with Crippen LogP contribution in [-0.4, -0.2) is 0 Å². The Morgan fingerprint density at radius 1 is 0.893 bits per heavy atom. The molecule has 0 bridgehead atoms. The van der Waals surface area contributed by atoms with Crippen LogP contribution in [0.4, 0.5) is 0 Å². The van der Waals surface area contributed by atoms with Crippen LogP contribution in [0.25, 0.3) is 21.9 Å². The third-order valence-corrected chi connectivity index (χ3v) is 4.49. The second-order valence-electron chi connectivity index (χ2n) is 6.00. The summed E-state index contributed by atoms with van der Waals surface area (Å²) in [6.45, 7) is 8.18. The van der Waals surface area contributed by atoms with Gasteiger partial charge in [0.25, 0.3) is 0 Å². The quantitative estimate of drug-likeness (QED) is 0.225. The molecule has 0 unspecified atom stereocenters. The zero-order valence-electron chi connectivity index (χ0n) is 15.9. The van der Waals surface area contributed by atoms with Crippen molar-refractivity contribution in [3.63, 3.8) is 0 Å². The molecular formula is C25H22Cl2Zr. The monoisotopic (exact) mass is 482 g/mol. The molecule has 28 heavy (non-hydrogen) atoms. The first kappa shape index (κ1) is 26.5. The molecule has 0 heterocycles. The van der Waals surface area contributed by atoms with E-state index in [0.29, 0.717) is 0 Å². The van der Waals surface area contributed by atoms with Crippen LogP contribution < -0.4 is 24.8 Å². The number of halogens is 2. The summed E-state index contributed by atoms with van der Waals surface area (Å²) in [5.74, 6) is 0. The third-order valence-electron chi connectivity index (χ3n) is 4.49. The molecule has 0 nitrogen and oxygen atoms in total. The van der Waals surface area contributed by atoms with E-state index in [1.807, 2.05) is 6.07 Å². The summed E-state index contributed by atoms with van der Waals surface area (Å²) in [7, 11) is 0. The number of fused-ring (bicyclic) bond motifs is 4. The molecule has 0 saturated heterocycles. The van der Waals surface area contributed by atoms with Crippen molar-refractivity contribution in [2.45, 2.75) is 13.3 Å². The summed E-state index contributed by atoms with van der Waals surface area (Å²) < 4.78 is 0. The molecule has 0 aromatic heterocycles. The van der Waals surface area contributed by atoms with E-state index < -0.39 is 0 Å². The van der Waals surface area contributed by atoms with Crippen molar-refractivity contribution in [3.05, 3.63) is 115 Å². The maximum Gasteiger partial charge on any atom is 4.00 e. The van der Waals surface area contributed by atoms with Crippen molar-refractivity contribution in [2.75, 3.05) is 0 Å². The maximum absolute atomic E-state index is 3.32. The maximum atomic E-state index is 3.32. The van der Waals surface area contributed by atoms with Gasteiger partial charge in [0.1, 0.15) is 0 Å². The molecule has 0 aliphatic heterocycles. The van der Waals surface area contributed by atoms with Crippen molar-refractivity contribution in [1.29, 1.82) is 0 Å². The Morgan fingerprint density at radius 2 is 1.64 bits per heavy atom. The molecule has 0 radical (unpaired) electrons. The van der Waals surface area contributed by atoms with Crippen LogP contribution in [-0.2, 0) is 32.6 Å². The summed E-state index contributed by atoms with van der Waals surface area (Å²) in [5.41, 5.74) is 6.97. The summed E-state index contributed by atoms with van der Waals surface area (Å²) in [6, 6.07) is 30.8. The van der Waals surface area contributed by atoms with Crippen molar-refractivity contribution < 1.29 is 51.0 Å². The molecule has 4 aromatic carbocycles. The van der Waals surface area contributed by atoms with E-state index in [4.69, 9.17) is 0 Å². The van der Waals surface area contributed by atoms with E-state index in [9.17, 15) is 0 Å². The second kappa shape index (κ2) is 12.8. The summed E-state index contributed by atoms with van der Waals surface area (Å²) >= 11 is 0. The molecule has 0 saturated carbocycles. The molecule has 0 amide bonds. The third kappa shape index (κ3) is 5.74. The Kier molecular flexibility index (Phi) is 12.1. The standard InChI is InChI=1S/C14H11.C9H7.C2H4.2ClH.Zr/c1-10-5-4-7-12-9-11-6-2-3-8-13(11)14(10)12;1-2-5-9-7-3-6-8(9)4-1;1-2;;;/h2-5,7-8H,9H2,1H3;1-7H;1-2H2;2*1H;/q2*-1;;;;+4/p-2. The molecule has 0 fully saturated rings. The van der Waals surface area contributed by atoms with E-state index in [1.165, 1.54) is 38.6 Å². The minimum atomic E-state index is 0. The fourth-order valence-electron chi connectivity index (χ4n) is 3.37. The van der Waals surface area contributed by atoms with Crippen LogP contribution in [0.5, 0.6) is 0 Å². The Labute approximate surface area is 200 Å². The summed E-state index contributed by atoms with van der Waals surface area (Å²) in [6.07, 6.45) is 1.05. The van der Waals surface area contributed by atoms with Crippen LogP contribution in [0.3, 0.4) is 0 Å². The molecule has 1 aliphatic carbocycles. The number of hydrogen-bond donors (Lipinski definition) is 0. The molecular weight excluding hydrogens is 462 g/mol. The van der Waals surface area contributed by atoms with E-state index in [0.717, 1.165) is 6.42 Å². The molecule has 140 valence electrons. The van der Waals surface area contributed by atoms with Gasteiger partial charge >= 0.3 is 26.2 Å².